The molecule has 0 atom stereocenters. The van der Waals surface area contributed by atoms with Crippen molar-refractivity contribution < 1.29 is 9.90 Å². The van der Waals surface area contributed by atoms with Crippen LogP contribution >= 0.6 is 11.3 Å². The van der Waals surface area contributed by atoms with Crippen LogP contribution in [-0.4, -0.2) is 16.1 Å². The molecule has 0 amide bonds. The standard InChI is InChI=1S/C13H19NO2S/c1-9-11(7-8-12(15)16)14-13(17-9)10-5-3-2-4-6-10/h10H,2-8H2,1H3,(H,15,16). The Morgan fingerprint density at radius 3 is 2.76 bits per heavy atom. The molecule has 0 aromatic carbocycles. The highest BCUT2D eigenvalue weighted by molar-refractivity contribution is 7.11. The Morgan fingerprint density at radius 2 is 2.12 bits per heavy atom. The van der Waals surface area contributed by atoms with E-state index < -0.39 is 5.97 Å². The van der Waals surface area contributed by atoms with Crippen LogP contribution in [-0.2, 0) is 11.2 Å². The van der Waals surface area contributed by atoms with Crippen molar-refractivity contribution in [2.45, 2.75) is 57.8 Å². The van der Waals surface area contributed by atoms with E-state index in [0.717, 1.165) is 5.69 Å². The number of aromatic nitrogens is 1. The lowest BCUT2D eigenvalue weighted by Crippen LogP contribution is -2.04. The van der Waals surface area contributed by atoms with Gasteiger partial charge in [-0.1, -0.05) is 19.3 Å². The van der Waals surface area contributed by atoms with Gasteiger partial charge in [-0.25, -0.2) is 4.98 Å². The topological polar surface area (TPSA) is 50.2 Å². The fourth-order valence-corrected chi connectivity index (χ4v) is 3.57. The summed E-state index contributed by atoms with van der Waals surface area (Å²) in [4.78, 5) is 16.4. The third kappa shape index (κ3) is 3.28. The second kappa shape index (κ2) is 5.63. The number of hydrogen-bond acceptors (Lipinski definition) is 3. The van der Waals surface area contributed by atoms with E-state index in [4.69, 9.17) is 5.11 Å². The van der Waals surface area contributed by atoms with Gasteiger partial charge in [-0.15, -0.1) is 11.3 Å². The number of rotatable bonds is 4. The molecule has 0 saturated heterocycles. The van der Waals surface area contributed by atoms with E-state index in [1.807, 2.05) is 0 Å². The molecule has 94 valence electrons. The van der Waals surface area contributed by atoms with Crippen molar-refractivity contribution in [1.29, 1.82) is 0 Å². The van der Waals surface area contributed by atoms with Crippen LogP contribution in [0.5, 0.6) is 0 Å². The maximum absolute atomic E-state index is 10.6. The van der Waals surface area contributed by atoms with Crippen LogP contribution in [0, 0.1) is 6.92 Å². The van der Waals surface area contributed by atoms with Crippen molar-refractivity contribution in [2.75, 3.05) is 0 Å². The van der Waals surface area contributed by atoms with E-state index >= 15 is 0 Å². The van der Waals surface area contributed by atoms with Crippen molar-refractivity contribution in [3.05, 3.63) is 15.6 Å². The van der Waals surface area contributed by atoms with Crippen LogP contribution in [0.2, 0.25) is 0 Å². The minimum absolute atomic E-state index is 0.189. The molecule has 2 rings (SSSR count). The number of carboxylic acids is 1. The minimum Gasteiger partial charge on any atom is -0.481 e. The van der Waals surface area contributed by atoms with Crippen molar-refractivity contribution in [3.8, 4) is 0 Å². The van der Waals surface area contributed by atoms with Gasteiger partial charge in [0.15, 0.2) is 0 Å². The van der Waals surface area contributed by atoms with E-state index in [0.29, 0.717) is 12.3 Å². The summed E-state index contributed by atoms with van der Waals surface area (Å²) in [5.41, 5.74) is 0.998. The van der Waals surface area contributed by atoms with Gasteiger partial charge in [0.2, 0.25) is 0 Å². The molecule has 17 heavy (non-hydrogen) atoms. The smallest absolute Gasteiger partial charge is 0.303 e. The van der Waals surface area contributed by atoms with Crippen LogP contribution in [0.4, 0.5) is 0 Å². The summed E-state index contributed by atoms with van der Waals surface area (Å²) in [6.45, 7) is 2.06. The number of aliphatic carboxylic acids is 1. The summed E-state index contributed by atoms with van der Waals surface area (Å²) < 4.78 is 0. The summed E-state index contributed by atoms with van der Waals surface area (Å²) in [7, 11) is 0. The summed E-state index contributed by atoms with van der Waals surface area (Å²) in [5, 5.41) is 9.94. The highest BCUT2D eigenvalue weighted by Gasteiger charge is 2.20. The van der Waals surface area contributed by atoms with Gasteiger partial charge in [-0.2, -0.15) is 0 Å². The van der Waals surface area contributed by atoms with Gasteiger partial charge >= 0.3 is 5.97 Å². The first-order chi connectivity index (χ1) is 8.16. The van der Waals surface area contributed by atoms with E-state index in [-0.39, 0.29) is 6.42 Å². The Kier molecular flexibility index (Phi) is 4.15. The molecule has 1 aliphatic carbocycles. The molecule has 0 radical (unpaired) electrons. The summed E-state index contributed by atoms with van der Waals surface area (Å²) in [6, 6.07) is 0. The second-order valence-electron chi connectivity index (χ2n) is 4.78. The molecule has 0 aliphatic heterocycles. The SMILES string of the molecule is Cc1sc(C2CCCCC2)nc1CCC(=O)O. The first-order valence-corrected chi connectivity index (χ1v) is 7.16. The largest absolute Gasteiger partial charge is 0.481 e. The highest BCUT2D eigenvalue weighted by Crippen LogP contribution is 2.35. The first kappa shape index (κ1) is 12.6. The van der Waals surface area contributed by atoms with Crippen LogP contribution < -0.4 is 0 Å². The molecular formula is C13H19NO2S. The highest BCUT2D eigenvalue weighted by atomic mass is 32.1. The molecule has 4 heteroatoms. The number of carboxylic acid groups (broad SMARTS) is 1. The quantitative estimate of drug-likeness (QED) is 0.893. The Labute approximate surface area is 106 Å². The Balaban J connectivity index is 2.03. The third-order valence-corrected chi connectivity index (χ3v) is 4.61. The van der Waals surface area contributed by atoms with Crippen molar-refractivity contribution in [1.82, 2.24) is 4.98 Å². The van der Waals surface area contributed by atoms with Gasteiger partial charge in [-0.05, 0) is 19.8 Å². The predicted octanol–water partition coefficient (Wildman–Crippen LogP) is 3.52. The van der Waals surface area contributed by atoms with Crippen molar-refractivity contribution in [3.63, 3.8) is 0 Å². The number of carbonyl (C=O) groups is 1. The molecular weight excluding hydrogens is 234 g/mol. The summed E-state index contributed by atoms with van der Waals surface area (Å²) >= 11 is 1.77. The first-order valence-electron chi connectivity index (χ1n) is 6.35. The minimum atomic E-state index is -0.739. The molecule has 0 spiro atoms. The number of aryl methyl sites for hydroxylation is 2. The molecule has 0 bridgehead atoms. The molecule has 1 fully saturated rings. The zero-order chi connectivity index (χ0) is 12.3. The fourth-order valence-electron chi connectivity index (χ4n) is 2.43. The third-order valence-electron chi connectivity index (χ3n) is 3.44. The van der Waals surface area contributed by atoms with Gasteiger partial charge < -0.3 is 5.11 Å². The zero-order valence-electron chi connectivity index (χ0n) is 10.2. The van der Waals surface area contributed by atoms with Crippen LogP contribution in [0.25, 0.3) is 0 Å². The molecule has 1 heterocycles. The number of thiazole rings is 1. The molecule has 1 saturated carbocycles. The van der Waals surface area contributed by atoms with Gasteiger partial charge in [0.05, 0.1) is 17.1 Å². The lowest BCUT2D eigenvalue weighted by molar-refractivity contribution is -0.136. The zero-order valence-corrected chi connectivity index (χ0v) is 11.1. The van der Waals surface area contributed by atoms with Crippen molar-refractivity contribution in [2.24, 2.45) is 0 Å². The predicted molar refractivity (Wildman–Crippen MR) is 68.6 cm³/mol. The van der Waals surface area contributed by atoms with E-state index in [9.17, 15) is 4.79 Å². The Morgan fingerprint density at radius 1 is 1.41 bits per heavy atom. The van der Waals surface area contributed by atoms with Crippen molar-refractivity contribution >= 4 is 17.3 Å². The van der Waals surface area contributed by atoms with E-state index in [1.165, 1.54) is 42.0 Å². The van der Waals surface area contributed by atoms with Crippen LogP contribution in [0.15, 0.2) is 0 Å². The van der Waals surface area contributed by atoms with Gasteiger partial charge in [0.1, 0.15) is 0 Å². The van der Waals surface area contributed by atoms with E-state index in [2.05, 4.69) is 11.9 Å². The summed E-state index contributed by atoms with van der Waals surface area (Å²) in [6.07, 6.45) is 7.25. The molecule has 1 aromatic heterocycles. The van der Waals surface area contributed by atoms with Gasteiger partial charge in [-0.3, -0.25) is 4.79 Å². The van der Waals surface area contributed by atoms with Gasteiger partial charge in [0.25, 0.3) is 0 Å². The van der Waals surface area contributed by atoms with Crippen LogP contribution in [0.3, 0.4) is 0 Å². The van der Waals surface area contributed by atoms with Crippen LogP contribution in [0.1, 0.15) is 60.0 Å². The molecule has 3 nitrogen and oxygen atoms in total. The number of hydrogen-bond donors (Lipinski definition) is 1. The normalized spacial score (nSPS) is 17.2. The maximum atomic E-state index is 10.6. The molecule has 0 unspecified atom stereocenters. The molecule has 1 aliphatic rings. The molecule has 1 N–H and O–H groups in total. The summed E-state index contributed by atoms with van der Waals surface area (Å²) in [5.74, 6) is -0.109. The second-order valence-corrected chi connectivity index (χ2v) is 6.02. The average Bonchev–Trinajstić information content (AvgIpc) is 2.69. The average molecular weight is 253 g/mol. The Bertz CT molecular complexity index is 394. The maximum Gasteiger partial charge on any atom is 0.303 e. The lowest BCUT2D eigenvalue weighted by Gasteiger charge is -2.18. The number of nitrogens with zero attached hydrogens (tertiary/aromatic N) is 1. The monoisotopic (exact) mass is 253 g/mol. The fraction of sp³-hybridized carbons (Fsp3) is 0.692. The lowest BCUT2D eigenvalue weighted by atomic mass is 9.90. The molecule has 1 aromatic rings. The van der Waals surface area contributed by atoms with Gasteiger partial charge in [0, 0.05) is 17.2 Å². The van der Waals surface area contributed by atoms with E-state index in [1.54, 1.807) is 11.3 Å². The Hall–Kier alpha value is -0.900.